The Kier molecular flexibility index (Phi) is 5.27. The molecule has 0 aliphatic carbocycles. The molecular weight excluding hydrogens is 276 g/mol. The molecular formula is C16H17ClO3. The maximum atomic E-state index is 9.01. The van der Waals surface area contributed by atoms with Gasteiger partial charge in [0.05, 0.1) is 25.3 Å². The molecule has 2 rings (SSSR count). The summed E-state index contributed by atoms with van der Waals surface area (Å²) in [4.78, 5) is 0. The van der Waals surface area contributed by atoms with Gasteiger partial charge in [-0.1, -0.05) is 29.8 Å². The second-order valence-electron chi connectivity index (χ2n) is 4.37. The highest BCUT2D eigenvalue weighted by molar-refractivity contribution is 6.32. The molecule has 0 atom stereocenters. The smallest absolute Gasteiger partial charge is 0.137 e. The lowest BCUT2D eigenvalue weighted by atomic mass is 10.1. The van der Waals surface area contributed by atoms with Crippen LogP contribution >= 0.6 is 11.6 Å². The normalized spacial score (nSPS) is 10.3. The average Bonchev–Trinajstić information content (AvgIpc) is 2.49. The summed E-state index contributed by atoms with van der Waals surface area (Å²) in [5.74, 6) is 1.48. The van der Waals surface area contributed by atoms with Crippen LogP contribution in [0.5, 0.6) is 11.5 Å². The summed E-state index contributed by atoms with van der Waals surface area (Å²) < 4.78 is 10.8. The average molecular weight is 293 g/mol. The van der Waals surface area contributed by atoms with Crippen molar-refractivity contribution in [2.45, 2.75) is 13.0 Å². The molecule has 0 bridgehead atoms. The Balaban J connectivity index is 1.88. The van der Waals surface area contributed by atoms with Gasteiger partial charge in [0.25, 0.3) is 0 Å². The van der Waals surface area contributed by atoms with Crippen molar-refractivity contribution in [1.29, 1.82) is 0 Å². The van der Waals surface area contributed by atoms with Gasteiger partial charge in [-0.25, -0.2) is 0 Å². The molecule has 0 spiro atoms. The fourth-order valence-corrected chi connectivity index (χ4v) is 2.09. The minimum Gasteiger partial charge on any atom is -0.497 e. The number of halogens is 1. The van der Waals surface area contributed by atoms with Crippen LogP contribution in [0.4, 0.5) is 0 Å². The summed E-state index contributed by atoms with van der Waals surface area (Å²) in [6.45, 7) is 0.524. The summed E-state index contributed by atoms with van der Waals surface area (Å²) in [7, 11) is 1.65. The van der Waals surface area contributed by atoms with Gasteiger partial charge in [0, 0.05) is 6.42 Å². The van der Waals surface area contributed by atoms with Crippen LogP contribution in [0.25, 0.3) is 0 Å². The van der Waals surface area contributed by atoms with Crippen molar-refractivity contribution in [2.24, 2.45) is 0 Å². The number of aliphatic hydroxyl groups excluding tert-OH is 1. The third-order valence-electron chi connectivity index (χ3n) is 2.99. The summed E-state index contributed by atoms with van der Waals surface area (Å²) in [6.07, 6.45) is 0.794. The van der Waals surface area contributed by atoms with Gasteiger partial charge in [-0.05, 0) is 35.4 Å². The topological polar surface area (TPSA) is 38.7 Å². The van der Waals surface area contributed by atoms with Crippen LogP contribution in [0.2, 0.25) is 5.02 Å². The molecule has 0 aliphatic rings. The van der Waals surface area contributed by atoms with Gasteiger partial charge in [0.15, 0.2) is 0 Å². The predicted octanol–water partition coefficient (Wildman–Crippen LogP) is 3.46. The largest absolute Gasteiger partial charge is 0.497 e. The van der Waals surface area contributed by atoms with Crippen LogP contribution < -0.4 is 9.47 Å². The zero-order valence-corrected chi connectivity index (χ0v) is 12.1. The van der Waals surface area contributed by atoms with Gasteiger partial charge in [-0.3, -0.25) is 0 Å². The van der Waals surface area contributed by atoms with Crippen molar-refractivity contribution in [3.8, 4) is 11.5 Å². The molecule has 0 fully saturated rings. The van der Waals surface area contributed by atoms with E-state index in [1.807, 2.05) is 24.3 Å². The highest BCUT2D eigenvalue weighted by Gasteiger charge is 2.03. The molecule has 2 aromatic carbocycles. The number of rotatable bonds is 6. The van der Waals surface area contributed by atoms with Crippen LogP contribution in [0.3, 0.4) is 0 Å². The van der Waals surface area contributed by atoms with E-state index in [1.165, 1.54) is 5.56 Å². The van der Waals surface area contributed by atoms with E-state index in [0.29, 0.717) is 17.4 Å². The van der Waals surface area contributed by atoms with Crippen molar-refractivity contribution in [2.75, 3.05) is 13.7 Å². The van der Waals surface area contributed by atoms with Gasteiger partial charge in [0.2, 0.25) is 0 Å². The van der Waals surface area contributed by atoms with Crippen LogP contribution in [-0.2, 0) is 13.0 Å². The lowest BCUT2D eigenvalue weighted by molar-refractivity contribution is 0.281. The van der Waals surface area contributed by atoms with E-state index >= 15 is 0 Å². The molecule has 3 nitrogen and oxygen atoms in total. The number of hydrogen-bond acceptors (Lipinski definition) is 3. The van der Waals surface area contributed by atoms with Gasteiger partial charge < -0.3 is 14.6 Å². The lowest BCUT2D eigenvalue weighted by Gasteiger charge is -2.09. The molecule has 0 aromatic heterocycles. The lowest BCUT2D eigenvalue weighted by Crippen LogP contribution is -2.02. The fraction of sp³-hybridized carbons (Fsp3) is 0.250. The van der Waals surface area contributed by atoms with E-state index in [0.717, 1.165) is 17.7 Å². The fourth-order valence-electron chi connectivity index (χ4n) is 1.83. The first-order chi connectivity index (χ1) is 9.72. The molecule has 106 valence electrons. The van der Waals surface area contributed by atoms with Crippen molar-refractivity contribution < 1.29 is 14.6 Å². The van der Waals surface area contributed by atoms with Crippen molar-refractivity contribution in [3.63, 3.8) is 0 Å². The summed E-state index contributed by atoms with van der Waals surface area (Å²) in [6, 6.07) is 13.2. The van der Waals surface area contributed by atoms with E-state index in [-0.39, 0.29) is 6.61 Å². The van der Waals surface area contributed by atoms with E-state index in [9.17, 15) is 0 Å². The van der Waals surface area contributed by atoms with E-state index in [1.54, 1.807) is 25.3 Å². The molecule has 2 aromatic rings. The van der Waals surface area contributed by atoms with E-state index < -0.39 is 0 Å². The molecule has 0 radical (unpaired) electrons. The number of benzene rings is 2. The maximum Gasteiger partial charge on any atom is 0.137 e. The Bertz CT molecular complexity index is 552. The molecule has 0 amide bonds. The highest BCUT2D eigenvalue weighted by Crippen LogP contribution is 2.25. The van der Waals surface area contributed by atoms with E-state index in [2.05, 4.69) is 0 Å². The van der Waals surface area contributed by atoms with Crippen molar-refractivity contribution in [3.05, 3.63) is 58.6 Å². The molecule has 0 aliphatic heterocycles. The minimum absolute atomic E-state index is 0.0220. The van der Waals surface area contributed by atoms with Gasteiger partial charge in [0.1, 0.15) is 11.5 Å². The number of aliphatic hydroxyl groups is 1. The third kappa shape index (κ3) is 3.89. The Hall–Kier alpha value is -1.71. The van der Waals surface area contributed by atoms with Crippen LogP contribution in [0, 0.1) is 0 Å². The molecule has 0 heterocycles. The number of ether oxygens (including phenoxy) is 2. The first-order valence-electron chi connectivity index (χ1n) is 6.38. The Morgan fingerprint density at radius 3 is 2.35 bits per heavy atom. The molecule has 20 heavy (non-hydrogen) atoms. The highest BCUT2D eigenvalue weighted by atomic mass is 35.5. The summed E-state index contributed by atoms with van der Waals surface area (Å²) in [5.41, 5.74) is 1.95. The van der Waals surface area contributed by atoms with Crippen LogP contribution in [-0.4, -0.2) is 18.8 Å². The first-order valence-corrected chi connectivity index (χ1v) is 6.75. The SMILES string of the molecule is COc1ccc(CCOc2ccc(CO)cc2Cl)cc1. The van der Waals surface area contributed by atoms with Gasteiger partial charge in [-0.15, -0.1) is 0 Å². The molecule has 0 saturated heterocycles. The molecule has 0 saturated carbocycles. The zero-order chi connectivity index (χ0) is 14.4. The standard InChI is InChI=1S/C16H17ClO3/c1-19-14-5-2-12(3-6-14)8-9-20-16-7-4-13(11-18)10-15(16)17/h2-7,10,18H,8-9,11H2,1H3. The van der Waals surface area contributed by atoms with Crippen LogP contribution in [0.1, 0.15) is 11.1 Å². The molecule has 1 N–H and O–H groups in total. The zero-order valence-electron chi connectivity index (χ0n) is 11.3. The Morgan fingerprint density at radius 2 is 1.75 bits per heavy atom. The third-order valence-corrected chi connectivity index (χ3v) is 3.28. The molecule has 0 unspecified atom stereocenters. The van der Waals surface area contributed by atoms with Gasteiger partial charge >= 0.3 is 0 Å². The number of methoxy groups -OCH3 is 1. The predicted molar refractivity (Wildman–Crippen MR) is 79.6 cm³/mol. The van der Waals surface area contributed by atoms with Crippen molar-refractivity contribution in [1.82, 2.24) is 0 Å². The summed E-state index contributed by atoms with van der Waals surface area (Å²) >= 11 is 6.08. The van der Waals surface area contributed by atoms with Crippen LogP contribution in [0.15, 0.2) is 42.5 Å². The monoisotopic (exact) mass is 292 g/mol. The minimum atomic E-state index is -0.0220. The Morgan fingerprint density at radius 1 is 1.05 bits per heavy atom. The summed E-state index contributed by atoms with van der Waals surface area (Å²) in [5, 5.41) is 9.53. The Labute approximate surface area is 123 Å². The molecule has 4 heteroatoms. The number of hydrogen-bond donors (Lipinski definition) is 1. The first kappa shape index (κ1) is 14.7. The maximum absolute atomic E-state index is 9.01. The van der Waals surface area contributed by atoms with E-state index in [4.69, 9.17) is 26.2 Å². The quantitative estimate of drug-likeness (QED) is 0.886. The van der Waals surface area contributed by atoms with Crippen molar-refractivity contribution >= 4 is 11.6 Å². The van der Waals surface area contributed by atoms with Gasteiger partial charge in [-0.2, -0.15) is 0 Å². The second kappa shape index (κ2) is 7.17. The second-order valence-corrected chi connectivity index (χ2v) is 4.78.